The van der Waals surface area contributed by atoms with Crippen molar-refractivity contribution in [3.8, 4) is 11.5 Å². The van der Waals surface area contributed by atoms with Crippen molar-refractivity contribution in [1.82, 2.24) is 0 Å². The fourth-order valence-corrected chi connectivity index (χ4v) is 2.23. The van der Waals surface area contributed by atoms with Gasteiger partial charge in [-0.05, 0) is 28.8 Å². The summed E-state index contributed by atoms with van der Waals surface area (Å²) >= 11 is 0. The number of carboxylic acid groups (broad SMARTS) is 1. The molecule has 0 unspecified atom stereocenters. The highest BCUT2D eigenvalue weighted by molar-refractivity contribution is 5.70. The summed E-state index contributed by atoms with van der Waals surface area (Å²) in [7, 11) is 0. The Labute approximate surface area is 105 Å². The van der Waals surface area contributed by atoms with E-state index < -0.39 is 5.97 Å². The van der Waals surface area contributed by atoms with E-state index in [4.69, 9.17) is 9.84 Å². The van der Waals surface area contributed by atoms with Crippen LogP contribution < -0.4 is 4.74 Å². The average Bonchev–Trinajstić information content (AvgIpc) is 2.35. The van der Waals surface area contributed by atoms with E-state index in [1.54, 1.807) is 6.07 Å². The molecule has 90 valence electrons. The maximum absolute atomic E-state index is 10.7. The third-order valence-corrected chi connectivity index (χ3v) is 3.05. The third-order valence-electron chi connectivity index (χ3n) is 3.05. The van der Waals surface area contributed by atoms with Crippen molar-refractivity contribution in [3.05, 3.63) is 59.2 Å². The normalized spacial score (nSPS) is 12.2. The first-order valence-corrected chi connectivity index (χ1v) is 5.82. The minimum absolute atomic E-state index is 0.0505. The summed E-state index contributed by atoms with van der Waals surface area (Å²) in [4.78, 5) is 10.7. The van der Waals surface area contributed by atoms with Gasteiger partial charge in [0.2, 0.25) is 0 Å². The summed E-state index contributed by atoms with van der Waals surface area (Å²) in [6.07, 6.45) is 0.841. The smallest absolute Gasteiger partial charge is 0.307 e. The predicted molar refractivity (Wildman–Crippen MR) is 67.1 cm³/mol. The molecule has 2 aromatic rings. The average molecular weight is 240 g/mol. The van der Waals surface area contributed by atoms with Crippen molar-refractivity contribution in [3.63, 3.8) is 0 Å². The van der Waals surface area contributed by atoms with E-state index in [0.29, 0.717) is 0 Å². The molecule has 0 radical (unpaired) electrons. The lowest BCUT2D eigenvalue weighted by atomic mass is 9.98. The summed E-state index contributed by atoms with van der Waals surface area (Å²) in [5.41, 5.74) is 2.99. The van der Waals surface area contributed by atoms with E-state index in [0.717, 1.165) is 34.6 Å². The number of aliphatic carboxylic acids is 1. The molecule has 0 saturated carbocycles. The minimum atomic E-state index is -0.813. The first kappa shape index (κ1) is 10.8. The molecular weight excluding hydrogens is 228 g/mol. The number of hydrogen-bond acceptors (Lipinski definition) is 2. The first-order valence-electron chi connectivity index (χ1n) is 5.82. The van der Waals surface area contributed by atoms with Crippen molar-refractivity contribution >= 4 is 5.97 Å². The predicted octanol–water partition coefficient (Wildman–Crippen LogP) is 3.01. The van der Waals surface area contributed by atoms with Gasteiger partial charge in [-0.15, -0.1) is 0 Å². The molecule has 18 heavy (non-hydrogen) atoms. The molecule has 1 N–H and O–H groups in total. The van der Waals surface area contributed by atoms with E-state index >= 15 is 0 Å². The molecule has 0 amide bonds. The molecule has 1 heterocycles. The van der Waals surface area contributed by atoms with Gasteiger partial charge in [0.25, 0.3) is 0 Å². The lowest BCUT2D eigenvalue weighted by Crippen LogP contribution is -2.05. The van der Waals surface area contributed by atoms with Gasteiger partial charge in [0.1, 0.15) is 11.5 Å². The lowest BCUT2D eigenvalue weighted by molar-refractivity contribution is -0.136. The molecule has 0 saturated heterocycles. The number of carboxylic acids is 1. The van der Waals surface area contributed by atoms with Crippen LogP contribution in [-0.4, -0.2) is 11.1 Å². The van der Waals surface area contributed by atoms with Crippen LogP contribution in [0.2, 0.25) is 0 Å². The van der Waals surface area contributed by atoms with E-state index in [1.165, 1.54) is 0 Å². The maximum atomic E-state index is 10.7. The van der Waals surface area contributed by atoms with Crippen LogP contribution in [0.15, 0.2) is 42.5 Å². The van der Waals surface area contributed by atoms with E-state index in [9.17, 15) is 4.79 Å². The highest BCUT2D eigenvalue weighted by Gasteiger charge is 2.16. The molecule has 3 heteroatoms. The quantitative estimate of drug-likeness (QED) is 0.749. The van der Waals surface area contributed by atoms with Crippen LogP contribution in [0.5, 0.6) is 11.5 Å². The second-order valence-corrected chi connectivity index (χ2v) is 4.40. The summed E-state index contributed by atoms with van der Waals surface area (Å²) in [6, 6.07) is 13.5. The van der Waals surface area contributed by atoms with Crippen molar-refractivity contribution in [2.45, 2.75) is 12.8 Å². The van der Waals surface area contributed by atoms with Gasteiger partial charge in [-0.2, -0.15) is 0 Å². The van der Waals surface area contributed by atoms with Gasteiger partial charge in [0, 0.05) is 6.42 Å². The zero-order chi connectivity index (χ0) is 12.5. The minimum Gasteiger partial charge on any atom is -0.481 e. The molecule has 3 rings (SSSR count). The zero-order valence-electron chi connectivity index (χ0n) is 9.72. The highest BCUT2D eigenvalue weighted by atomic mass is 16.5. The number of benzene rings is 2. The van der Waals surface area contributed by atoms with E-state index in [1.807, 2.05) is 36.4 Å². The summed E-state index contributed by atoms with van der Waals surface area (Å²) in [5, 5.41) is 8.80. The molecule has 1 aliphatic heterocycles. The highest BCUT2D eigenvalue weighted by Crippen LogP contribution is 2.36. The van der Waals surface area contributed by atoms with Crippen molar-refractivity contribution in [1.29, 1.82) is 0 Å². The molecule has 0 bridgehead atoms. The Morgan fingerprint density at radius 2 is 1.89 bits per heavy atom. The number of carbonyl (C=O) groups is 1. The molecular formula is C15H12O3. The lowest BCUT2D eigenvalue weighted by Gasteiger charge is -2.20. The van der Waals surface area contributed by atoms with Crippen molar-refractivity contribution < 1.29 is 14.6 Å². The summed E-state index contributed by atoms with van der Waals surface area (Å²) < 4.78 is 5.79. The number of ether oxygens (including phenoxy) is 1. The molecule has 3 nitrogen and oxygen atoms in total. The van der Waals surface area contributed by atoms with Gasteiger partial charge >= 0.3 is 5.97 Å². The summed E-state index contributed by atoms with van der Waals surface area (Å²) in [6.45, 7) is 0. The first-order chi connectivity index (χ1) is 8.72. The van der Waals surface area contributed by atoms with Gasteiger partial charge in [0.15, 0.2) is 0 Å². The summed E-state index contributed by atoms with van der Waals surface area (Å²) in [5.74, 6) is 0.894. The Morgan fingerprint density at radius 3 is 2.72 bits per heavy atom. The van der Waals surface area contributed by atoms with Crippen LogP contribution in [0.25, 0.3) is 0 Å². The molecule has 0 aliphatic carbocycles. The maximum Gasteiger partial charge on any atom is 0.307 e. The molecule has 0 aromatic heterocycles. The van der Waals surface area contributed by atoms with Gasteiger partial charge in [-0.25, -0.2) is 0 Å². The van der Waals surface area contributed by atoms with E-state index in [2.05, 4.69) is 0 Å². The Kier molecular flexibility index (Phi) is 2.52. The monoisotopic (exact) mass is 240 g/mol. The Bertz CT molecular complexity index is 617. The largest absolute Gasteiger partial charge is 0.481 e. The van der Waals surface area contributed by atoms with Crippen LogP contribution >= 0.6 is 0 Å². The van der Waals surface area contributed by atoms with Gasteiger partial charge in [0.05, 0.1) is 6.42 Å². The van der Waals surface area contributed by atoms with Crippen LogP contribution in [0.4, 0.5) is 0 Å². The van der Waals surface area contributed by atoms with Crippen molar-refractivity contribution in [2.24, 2.45) is 0 Å². The second-order valence-electron chi connectivity index (χ2n) is 4.40. The molecule has 1 aliphatic rings. The second kappa shape index (κ2) is 4.18. The van der Waals surface area contributed by atoms with Gasteiger partial charge < -0.3 is 9.84 Å². The standard InChI is InChI=1S/C15H12O3/c16-15(17)8-10-5-6-14-12(7-10)9-11-3-1-2-4-13(11)18-14/h1-7H,8-9H2,(H,16,17). The molecule has 2 aromatic carbocycles. The van der Waals surface area contributed by atoms with Crippen molar-refractivity contribution in [2.75, 3.05) is 0 Å². The fraction of sp³-hybridized carbons (Fsp3) is 0.133. The number of rotatable bonds is 2. The fourth-order valence-electron chi connectivity index (χ4n) is 2.23. The van der Waals surface area contributed by atoms with Crippen LogP contribution in [0, 0.1) is 0 Å². The third kappa shape index (κ3) is 1.95. The SMILES string of the molecule is O=C(O)Cc1ccc2c(c1)Cc1ccccc1O2. The van der Waals surface area contributed by atoms with Crippen LogP contribution in [0.1, 0.15) is 16.7 Å². The molecule has 0 spiro atoms. The van der Waals surface area contributed by atoms with Gasteiger partial charge in [-0.1, -0.05) is 30.3 Å². The van der Waals surface area contributed by atoms with Crippen LogP contribution in [0.3, 0.4) is 0 Å². The Hall–Kier alpha value is -2.29. The Morgan fingerprint density at radius 1 is 1.11 bits per heavy atom. The number of hydrogen-bond donors (Lipinski definition) is 1. The number of fused-ring (bicyclic) bond motifs is 2. The van der Waals surface area contributed by atoms with E-state index in [-0.39, 0.29) is 6.42 Å². The van der Waals surface area contributed by atoms with Gasteiger partial charge in [-0.3, -0.25) is 4.79 Å². The topological polar surface area (TPSA) is 46.5 Å². The van der Waals surface area contributed by atoms with Crippen LogP contribution in [-0.2, 0) is 17.6 Å². The molecule has 0 atom stereocenters. The Balaban J connectivity index is 1.96. The zero-order valence-corrected chi connectivity index (χ0v) is 9.72. The molecule has 0 fully saturated rings. The number of para-hydroxylation sites is 1.